The number of rotatable bonds is 4. The van der Waals surface area contributed by atoms with Crippen LogP contribution in [-0.2, 0) is 4.79 Å². The molecule has 1 aliphatic heterocycles. The fraction of sp³-hybridized carbons (Fsp3) is 0.250. The van der Waals surface area contributed by atoms with Gasteiger partial charge in [0.1, 0.15) is 5.75 Å². The second-order valence-corrected chi connectivity index (χ2v) is 6.28. The molecule has 134 valence electrons. The molecule has 0 saturated carbocycles. The first kappa shape index (κ1) is 17.7. The van der Waals surface area contributed by atoms with Gasteiger partial charge in [0, 0.05) is 31.2 Å². The van der Waals surface area contributed by atoms with Crippen molar-refractivity contribution in [1.29, 1.82) is 0 Å². The van der Waals surface area contributed by atoms with Gasteiger partial charge in [0.25, 0.3) is 5.91 Å². The maximum absolute atomic E-state index is 12.8. The molecule has 2 aromatic rings. The second kappa shape index (κ2) is 7.82. The Bertz CT molecular complexity index is 812. The van der Waals surface area contributed by atoms with E-state index >= 15 is 0 Å². The summed E-state index contributed by atoms with van der Waals surface area (Å²) in [5, 5.41) is 12.7. The number of phenols is 1. The molecular weight excluding hydrogens is 330 g/mol. The van der Waals surface area contributed by atoms with Crippen molar-refractivity contribution in [3.8, 4) is 5.75 Å². The molecule has 0 radical (unpaired) electrons. The Labute approximate surface area is 152 Å². The Hall–Kier alpha value is -3.15. The predicted octanol–water partition coefficient (Wildman–Crippen LogP) is 2.93. The van der Waals surface area contributed by atoms with Crippen LogP contribution in [0.2, 0.25) is 0 Å². The zero-order chi connectivity index (χ0) is 18.5. The van der Waals surface area contributed by atoms with E-state index in [2.05, 4.69) is 22.9 Å². The van der Waals surface area contributed by atoms with Gasteiger partial charge in [0.2, 0.25) is 5.91 Å². The van der Waals surface area contributed by atoms with Crippen LogP contribution in [0.25, 0.3) is 0 Å². The van der Waals surface area contributed by atoms with E-state index in [0.29, 0.717) is 24.7 Å². The number of amides is 2. The second-order valence-electron chi connectivity index (χ2n) is 6.28. The van der Waals surface area contributed by atoms with Crippen molar-refractivity contribution in [2.45, 2.75) is 18.8 Å². The molecule has 0 unspecified atom stereocenters. The van der Waals surface area contributed by atoms with Crippen molar-refractivity contribution < 1.29 is 14.7 Å². The molecule has 0 aliphatic carbocycles. The minimum Gasteiger partial charge on any atom is -0.507 e. The summed E-state index contributed by atoms with van der Waals surface area (Å²) < 4.78 is 0. The molecule has 6 heteroatoms. The number of hydrogen-bond donors (Lipinski definition) is 2. The number of likely N-dealkylation sites (tertiary alicyclic amines) is 1. The number of piperidine rings is 1. The van der Waals surface area contributed by atoms with E-state index < -0.39 is 0 Å². The fourth-order valence-electron chi connectivity index (χ4n) is 3.18. The van der Waals surface area contributed by atoms with Crippen LogP contribution in [0.15, 0.2) is 55.4 Å². The highest BCUT2D eigenvalue weighted by Crippen LogP contribution is 2.30. The lowest BCUT2D eigenvalue weighted by atomic mass is 9.90. The maximum atomic E-state index is 12.8. The minimum absolute atomic E-state index is 0.0963. The van der Waals surface area contributed by atoms with E-state index in [-0.39, 0.29) is 23.1 Å². The molecule has 0 spiro atoms. The molecule has 2 amide bonds. The van der Waals surface area contributed by atoms with Crippen LogP contribution in [0.3, 0.4) is 0 Å². The molecule has 2 N–H and O–H groups in total. The van der Waals surface area contributed by atoms with Crippen LogP contribution in [0.4, 0.5) is 5.69 Å². The SMILES string of the molecule is C=CC(=O)Nc1ccc(O)c(C(=O)N2CCC(c3cccnc3)CC2)c1. The number of hydrogen-bond acceptors (Lipinski definition) is 4. The highest BCUT2D eigenvalue weighted by atomic mass is 16.3. The highest BCUT2D eigenvalue weighted by molar-refractivity contribution is 6.02. The lowest BCUT2D eigenvalue weighted by molar-refractivity contribution is -0.111. The van der Waals surface area contributed by atoms with Crippen LogP contribution in [0.5, 0.6) is 5.75 Å². The first-order valence-electron chi connectivity index (χ1n) is 8.54. The van der Waals surface area contributed by atoms with Crippen molar-refractivity contribution in [3.05, 3.63) is 66.5 Å². The van der Waals surface area contributed by atoms with Crippen LogP contribution < -0.4 is 5.32 Å². The highest BCUT2D eigenvalue weighted by Gasteiger charge is 2.26. The Kier molecular flexibility index (Phi) is 5.31. The number of carbonyl (C=O) groups is 2. The number of aromatic hydroxyl groups is 1. The van der Waals surface area contributed by atoms with Crippen molar-refractivity contribution in [3.63, 3.8) is 0 Å². The fourth-order valence-corrected chi connectivity index (χ4v) is 3.18. The minimum atomic E-state index is -0.369. The number of nitrogens with zero attached hydrogens (tertiary/aromatic N) is 2. The number of benzene rings is 1. The monoisotopic (exact) mass is 351 g/mol. The number of carbonyl (C=O) groups excluding carboxylic acids is 2. The van der Waals surface area contributed by atoms with E-state index in [9.17, 15) is 14.7 Å². The summed E-state index contributed by atoms with van der Waals surface area (Å²) in [5.41, 5.74) is 1.82. The third-order valence-electron chi connectivity index (χ3n) is 4.62. The molecule has 3 rings (SSSR count). The van der Waals surface area contributed by atoms with Crippen LogP contribution in [-0.4, -0.2) is 39.9 Å². The van der Waals surface area contributed by atoms with Crippen LogP contribution >= 0.6 is 0 Å². The first-order chi connectivity index (χ1) is 12.6. The van der Waals surface area contributed by atoms with Crippen molar-refractivity contribution >= 4 is 17.5 Å². The number of anilines is 1. The molecule has 1 saturated heterocycles. The molecule has 1 aromatic heterocycles. The number of phenolic OH excluding ortho intramolecular Hbond substituents is 1. The van der Waals surface area contributed by atoms with E-state index in [1.54, 1.807) is 17.2 Å². The van der Waals surface area contributed by atoms with Crippen LogP contribution in [0, 0.1) is 0 Å². The van der Waals surface area contributed by atoms with Crippen LogP contribution in [0.1, 0.15) is 34.7 Å². The Morgan fingerprint density at radius 3 is 2.69 bits per heavy atom. The van der Waals surface area contributed by atoms with Gasteiger partial charge in [-0.2, -0.15) is 0 Å². The topological polar surface area (TPSA) is 82.5 Å². The molecule has 1 fully saturated rings. The summed E-state index contributed by atoms with van der Waals surface area (Å²) in [5.74, 6) is -0.311. The summed E-state index contributed by atoms with van der Waals surface area (Å²) in [6, 6.07) is 8.43. The zero-order valence-corrected chi connectivity index (χ0v) is 14.4. The molecule has 1 aromatic carbocycles. The molecule has 0 atom stereocenters. The quantitative estimate of drug-likeness (QED) is 0.655. The van der Waals surface area contributed by atoms with Gasteiger partial charge in [-0.05, 0) is 54.7 Å². The van der Waals surface area contributed by atoms with Crippen molar-refractivity contribution in [1.82, 2.24) is 9.88 Å². The van der Waals surface area contributed by atoms with Gasteiger partial charge in [-0.1, -0.05) is 12.6 Å². The summed E-state index contributed by atoms with van der Waals surface area (Å²) in [6.45, 7) is 4.62. The lowest BCUT2D eigenvalue weighted by Gasteiger charge is -2.32. The molecule has 6 nitrogen and oxygen atoms in total. The van der Waals surface area contributed by atoms with Crippen molar-refractivity contribution in [2.24, 2.45) is 0 Å². The predicted molar refractivity (Wildman–Crippen MR) is 99.0 cm³/mol. The normalized spacial score (nSPS) is 14.7. The summed E-state index contributed by atoms with van der Waals surface area (Å²) in [7, 11) is 0. The standard InChI is InChI=1S/C20H21N3O3/c1-2-19(25)22-16-5-6-18(24)17(12-16)20(26)23-10-7-14(8-11-23)15-4-3-9-21-13-15/h2-6,9,12-14,24H,1,7-8,10-11H2,(H,22,25). The average Bonchev–Trinajstić information content (AvgIpc) is 2.69. The van der Waals surface area contributed by atoms with Gasteiger partial charge in [0.15, 0.2) is 0 Å². The Balaban J connectivity index is 1.69. The van der Waals surface area contributed by atoms with Gasteiger partial charge in [0.05, 0.1) is 5.56 Å². The zero-order valence-electron chi connectivity index (χ0n) is 14.4. The Morgan fingerprint density at radius 1 is 1.27 bits per heavy atom. The number of pyridine rings is 1. The van der Waals surface area contributed by atoms with E-state index in [1.807, 2.05) is 12.3 Å². The molecule has 26 heavy (non-hydrogen) atoms. The van der Waals surface area contributed by atoms with E-state index in [0.717, 1.165) is 18.9 Å². The van der Waals surface area contributed by atoms with Gasteiger partial charge in [-0.15, -0.1) is 0 Å². The third-order valence-corrected chi connectivity index (χ3v) is 4.62. The smallest absolute Gasteiger partial charge is 0.257 e. The van der Waals surface area contributed by atoms with Gasteiger partial charge < -0.3 is 15.3 Å². The number of nitrogens with one attached hydrogen (secondary N) is 1. The van der Waals surface area contributed by atoms with Gasteiger partial charge >= 0.3 is 0 Å². The largest absolute Gasteiger partial charge is 0.507 e. The third kappa shape index (κ3) is 3.91. The molecule has 0 bridgehead atoms. The molecule has 1 aliphatic rings. The first-order valence-corrected chi connectivity index (χ1v) is 8.54. The van der Waals surface area contributed by atoms with Gasteiger partial charge in [-0.25, -0.2) is 0 Å². The summed E-state index contributed by atoms with van der Waals surface area (Å²) in [6.07, 6.45) is 6.48. The average molecular weight is 351 g/mol. The van der Waals surface area contributed by atoms with Gasteiger partial charge in [-0.3, -0.25) is 14.6 Å². The summed E-state index contributed by atoms with van der Waals surface area (Å²) in [4.78, 5) is 30.1. The lowest BCUT2D eigenvalue weighted by Crippen LogP contribution is -2.38. The Morgan fingerprint density at radius 2 is 2.04 bits per heavy atom. The van der Waals surface area contributed by atoms with E-state index in [1.165, 1.54) is 17.7 Å². The van der Waals surface area contributed by atoms with Crippen molar-refractivity contribution in [2.75, 3.05) is 18.4 Å². The molecule has 2 heterocycles. The van der Waals surface area contributed by atoms with E-state index in [4.69, 9.17) is 0 Å². The molecular formula is C20H21N3O3. The summed E-state index contributed by atoms with van der Waals surface area (Å²) >= 11 is 0. The maximum Gasteiger partial charge on any atom is 0.257 e. The number of aromatic nitrogens is 1.